The molecule has 0 aromatic heterocycles. The van der Waals surface area contributed by atoms with Gasteiger partial charge in [0.05, 0.1) is 0 Å². The summed E-state index contributed by atoms with van der Waals surface area (Å²) in [5, 5.41) is 2.16. The second kappa shape index (κ2) is 5.78. The van der Waals surface area contributed by atoms with Crippen LogP contribution >= 0.6 is 0 Å². The first kappa shape index (κ1) is 13.1. The van der Waals surface area contributed by atoms with E-state index in [1.54, 1.807) is 0 Å². The summed E-state index contributed by atoms with van der Waals surface area (Å²) < 4.78 is 5.89. The zero-order valence-corrected chi connectivity index (χ0v) is 11.2. The lowest BCUT2D eigenvalue weighted by molar-refractivity contribution is -0.130. The van der Waals surface area contributed by atoms with E-state index < -0.39 is 9.04 Å². The van der Waals surface area contributed by atoms with Crippen LogP contribution in [0.2, 0.25) is 13.1 Å². The largest absolute Gasteiger partial charge is 0.347 e. The van der Waals surface area contributed by atoms with E-state index in [-0.39, 0.29) is 5.54 Å². The minimum absolute atomic E-state index is 0.145. The van der Waals surface area contributed by atoms with E-state index >= 15 is 0 Å². The summed E-state index contributed by atoms with van der Waals surface area (Å²) in [7, 11) is -0.945. The van der Waals surface area contributed by atoms with Crippen LogP contribution in [0.4, 0.5) is 0 Å². The molecule has 0 saturated heterocycles. The van der Waals surface area contributed by atoms with Crippen molar-refractivity contribution in [1.82, 2.24) is 5.06 Å². The van der Waals surface area contributed by atoms with Crippen molar-refractivity contribution >= 4 is 9.04 Å². The predicted molar refractivity (Wildman–Crippen MR) is 61.3 cm³/mol. The van der Waals surface area contributed by atoms with Crippen LogP contribution in [0.25, 0.3) is 0 Å². The van der Waals surface area contributed by atoms with Gasteiger partial charge in [-0.05, 0) is 40.3 Å². The van der Waals surface area contributed by atoms with Gasteiger partial charge in [0.25, 0.3) is 0 Å². The van der Waals surface area contributed by atoms with Gasteiger partial charge < -0.3 is 4.53 Å². The van der Waals surface area contributed by atoms with Crippen LogP contribution in [0, 0.1) is 0 Å². The van der Waals surface area contributed by atoms with E-state index in [9.17, 15) is 0 Å². The average molecular weight is 203 g/mol. The van der Waals surface area contributed by atoms with Crippen molar-refractivity contribution in [3.63, 3.8) is 0 Å². The van der Waals surface area contributed by atoms with E-state index in [0.29, 0.717) is 0 Å². The Labute approximate surface area is 85.0 Å². The number of nitrogens with zero attached hydrogens (tertiary/aromatic N) is 1. The minimum Gasteiger partial charge on any atom is -0.347 e. The highest BCUT2D eigenvalue weighted by molar-refractivity contribution is 6.48. The molecule has 0 radical (unpaired) electrons. The Bertz CT molecular complexity index is 131. The number of hydrogen-bond donors (Lipinski definition) is 0. The number of hydroxylamine groups is 2. The van der Waals surface area contributed by atoms with Crippen molar-refractivity contribution in [2.75, 3.05) is 6.54 Å². The van der Waals surface area contributed by atoms with Gasteiger partial charge in [0, 0.05) is 12.1 Å². The van der Waals surface area contributed by atoms with Crippen LogP contribution in [0.5, 0.6) is 0 Å². The van der Waals surface area contributed by atoms with Crippen molar-refractivity contribution in [1.29, 1.82) is 0 Å². The van der Waals surface area contributed by atoms with Gasteiger partial charge in [0.2, 0.25) is 0 Å². The maximum atomic E-state index is 5.89. The van der Waals surface area contributed by atoms with Crippen molar-refractivity contribution in [3.8, 4) is 0 Å². The van der Waals surface area contributed by atoms with Crippen molar-refractivity contribution in [3.05, 3.63) is 0 Å². The Balaban J connectivity index is 4.03. The normalized spacial score (nSPS) is 12.9. The van der Waals surface area contributed by atoms with Crippen LogP contribution in [0.3, 0.4) is 0 Å². The fraction of sp³-hybridized carbons (Fsp3) is 1.00. The third-order valence-corrected chi connectivity index (χ3v) is 2.48. The molecule has 0 amide bonds. The Morgan fingerprint density at radius 2 is 1.77 bits per heavy atom. The van der Waals surface area contributed by atoms with Gasteiger partial charge in [0.15, 0.2) is 9.04 Å². The van der Waals surface area contributed by atoms with Gasteiger partial charge >= 0.3 is 0 Å². The smallest absolute Gasteiger partial charge is 0.199 e. The topological polar surface area (TPSA) is 12.5 Å². The lowest BCUT2D eigenvalue weighted by Crippen LogP contribution is -2.44. The molecule has 0 heterocycles. The molecule has 0 atom stereocenters. The molecule has 0 unspecified atom stereocenters. The molecule has 0 rings (SSSR count). The van der Waals surface area contributed by atoms with E-state index in [2.05, 4.69) is 45.9 Å². The second-order valence-electron chi connectivity index (χ2n) is 4.78. The van der Waals surface area contributed by atoms with Gasteiger partial charge in [-0.15, -0.1) is 0 Å². The van der Waals surface area contributed by atoms with Crippen LogP contribution in [-0.4, -0.2) is 26.2 Å². The molecule has 0 spiro atoms. The molecule has 0 aromatic carbocycles. The summed E-state index contributed by atoms with van der Waals surface area (Å²) in [6.45, 7) is 14.3. The van der Waals surface area contributed by atoms with Gasteiger partial charge in [-0.1, -0.05) is 13.3 Å². The molecule has 0 fully saturated rings. The molecule has 3 heteroatoms. The number of rotatable bonds is 5. The number of unbranched alkanes of at least 4 members (excludes halogenated alkanes) is 1. The minimum atomic E-state index is -0.945. The standard InChI is InChI=1S/C10H25NOSi/c1-7-8-9-11(10(2,3)4)12-13(5)6/h13H,7-9H2,1-6H3. The van der Waals surface area contributed by atoms with Gasteiger partial charge in [-0.25, -0.2) is 0 Å². The maximum Gasteiger partial charge on any atom is 0.199 e. The quantitative estimate of drug-likeness (QED) is 0.503. The van der Waals surface area contributed by atoms with Crippen LogP contribution < -0.4 is 0 Å². The Morgan fingerprint density at radius 3 is 2.08 bits per heavy atom. The molecule has 0 aliphatic rings. The highest BCUT2D eigenvalue weighted by Crippen LogP contribution is 2.15. The first-order chi connectivity index (χ1) is 5.88. The summed E-state index contributed by atoms with van der Waals surface area (Å²) in [5.74, 6) is 0. The van der Waals surface area contributed by atoms with Gasteiger partial charge in [-0.3, -0.25) is 0 Å². The zero-order valence-electron chi connectivity index (χ0n) is 10.1. The van der Waals surface area contributed by atoms with Crippen molar-refractivity contribution in [2.24, 2.45) is 0 Å². The first-order valence-electron chi connectivity index (χ1n) is 5.32. The molecule has 0 aliphatic heterocycles. The predicted octanol–water partition coefficient (Wildman–Crippen LogP) is 2.80. The molecule has 0 aliphatic carbocycles. The monoisotopic (exact) mass is 203 g/mol. The highest BCUT2D eigenvalue weighted by Gasteiger charge is 2.22. The molecular weight excluding hydrogens is 178 g/mol. The maximum absolute atomic E-state index is 5.89. The summed E-state index contributed by atoms with van der Waals surface area (Å²) in [5.41, 5.74) is 0.145. The molecule has 80 valence electrons. The molecule has 0 bridgehead atoms. The third kappa shape index (κ3) is 6.24. The van der Waals surface area contributed by atoms with E-state index in [1.807, 2.05) is 0 Å². The van der Waals surface area contributed by atoms with E-state index in [0.717, 1.165) is 6.54 Å². The third-order valence-electron chi connectivity index (χ3n) is 1.80. The Hall–Kier alpha value is 0.137. The summed E-state index contributed by atoms with van der Waals surface area (Å²) in [4.78, 5) is 0. The molecule has 0 saturated carbocycles. The van der Waals surface area contributed by atoms with Crippen LogP contribution in [0.15, 0.2) is 0 Å². The average Bonchev–Trinajstić information content (AvgIpc) is 1.95. The molecule has 13 heavy (non-hydrogen) atoms. The fourth-order valence-corrected chi connectivity index (χ4v) is 2.03. The SMILES string of the molecule is CCCCN(O[SiH](C)C)C(C)(C)C. The summed E-state index contributed by atoms with van der Waals surface area (Å²) >= 11 is 0. The molecular formula is C10H25NOSi. The van der Waals surface area contributed by atoms with Crippen molar-refractivity contribution < 1.29 is 4.53 Å². The Morgan fingerprint density at radius 1 is 1.23 bits per heavy atom. The second-order valence-corrected chi connectivity index (χ2v) is 7.09. The van der Waals surface area contributed by atoms with Gasteiger partial charge in [0.1, 0.15) is 0 Å². The summed E-state index contributed by atoms with van der Waals surface area (Å²) in [6.07, 6.45) is 2.45. The zero-order chi connectivity index (χ0) is 10.5. The van der Waals surface area contributed by atoms with Crippen LogP contribution in [0.1, 0.15) is 40.5 Å². The Kier molecular flexibility index (Phi) is 5.84. The van der Waals surface area contributed by atoms with Gasteiger partial charge in [-0.2, -0.15) is 5.06 Å². The van der Waals surface area contributed by atoms with Crippen LogP contribution in [-0.2, 0) is 4.53 Å². The first-order valence-corrected chi connectivity index (χ1v) is 8.10. The lowest BCUT2D eigenvalue weighted by Gasteiger charge is -2.36. The van der Waals surface area contributed by atoms with E-state index in [1.165, 1.54) is 12.8 Å². The van der Waals surface area contributed by atoms with Crippen molar-refractivity contribution in [2.45, 2.75) is 59.2 Å². The fourth-order valence-electron chi connectivity index (χ4n) is 1.10. The lowest BCUT2D eigenvalue weighted by atomic mass is 10.1. The highest BCUT2D eigenvalue weighted by atomic mass is 28.3. The summed E-state index contributed by atoms with van der Waals surface area (Å²) in [6, 6.07) is 0. The molecule has 0 aromatic rings. The van der Waals surface area contributed by atoms with E-state index in [4.69, 9.17) is 4.53 Å². The number of hydrogen-bond acceptors (Lipinski definition) is 2. The molecule has 0 N–H and O–H groups in total. The molecule has 2 nitrogen and oxygen atoms in total.